The summed E-state index contributed by atoms with van der Waals surface area (Å²) >= 11 is 0. The topological polar surface area (TPSA) is 94.7 Å². The molecule has 82 valence electrons. The first-order valence-corrected chi connectivity index (χ1v) is 4.25. The Morgan fingerprint density at radius 1 is 1.60 bits per heavy atom. The molecule has 1 aromatic rings. The van der Waals surface area contributed by atoms with Crippen LogP contribution < -0.4 is 10.5 Å². The van der Waals surface area contributed by atoms with Gasteiger partial charge in [-0.3, -0.25) is 0 Å². The van der Waals surface area contributed by atoms with E-state index in [1.54, 1.807) is 7.11 Å². The number of ether oxygens (including phenoxy) is 2. The van der Waals surface area contributed by atoms with Crippen molar-refractivity contribution >= 4 is 11.7 Å². The lowest BCUT2D eigenvalue weighted by molar-refractivity contribution is 0.0697. The van der Waals surface area contributed by atoms with E-state index < -0.39 is 5.97 Å². The molecule has 0 aliphatic carbocycles. The Balaban J connectivity index is 2.74. The molecule has 6 nitrogen and oxygen atoms in total. The molecular weight excluding hydrogens is 200 g/mol. The Labute approximate surface area is 86.6 Å². The number of nitrogen functional groups attached to an aromatic ring is 1. The van der Waals surface area contributed by atoms with E-state index >= 15 is 0 Å². The number of nitrogens with two attached hydrogens (primary N) is 1. The van der Waals surface area contributed by atoms with E-state index in [-0.39, 0.29) is 17.1 Å². The van der Waals surface area contributed by atoms with Gasteiger partial charge in [0.25, 0.3) is 0 Å². The number of hydrogen-bond donors (Lipinski definition) is 2. The second-order valence-corrected chi connectivity index (χ2v) is 2.76. The summed E-state index contributed by atoms with van der Waals surface area (Å²) in [7, 11) is 1.54. The molecule has 15 heavy (non-hydrogen) atoms. The van der Waals surface area contributed by atoms with E-state index in [4.69, 9.17) is 20.3 Å². The molecule has 0 amide bonds. The number of nitrogens with zero attached hydrogens (tertiary/aromatic N) is 1. The Hall–Kier alpha value is -1.82. The van der Waals surface area contributed by atoms with Crippen LogP contribution in [0, 0.1) is 0 Å². The molecule has 0 spiro atoms. The van der Waals surface area contributed by atoms with Crippen LogP contribution in [0.25, 0.3) is 0 Å². The molecule has 1 heterocycles. The maximum Gasteiger partial charge on any atom is 0.338 e. The number of aromatic carboxylic acids is 1. The van der Waals surface area contributed by atoms with Crippen molar-refractivity contribution in [3.63, 3.8) is 0 Å². The molecule has 0 fully saturated rings. The van der Waals surface area contributed by atoms with Gasteiger partial charge in [-0.15, -0.1) is 0 Å². The minimum Gasteiger partial charge on any atom is -0.478 e. The second kappa shape index (κ2) is 5.16. The van der Waals surface area contributed by atoms with Crippen LogP contribution in [0.1, 0.15) is 10.4 Å². The zero-order chi connectivity index (χ0) is 11.3. The molecule has 0 aliphatic rings. The molecular formula is C9H12N2O4. The van der Waals surface area contributed by atoms with Crippen LogP contribution in [0.2, 0.25) is 0 Å². The van der Waals surface area contributed by atoms with Crippen LogP contribution in [0.3, 0.4) is 0 Å². The van der Waals surface area contributed by atoms with Crippen LogP contribution in [0.4, 0.5) is 5.69 Å². The largest absolute Gasteiger partial charge is 0.478 e. The zero-order valence-corrected chi connectivity index (χ0v) is 8.27. The van der Waals surface area contributed by atoms with Crippen LogP contribution in [-0.2, 0) is 4.74 Å². The van der Waals surface area contributed by atoms with Gasteiger partial charge >= 0.3 is 5.97 Å². The van der Waals surface area contributed by atoms with Crippen molar-refractivity contribution in [3.8, 4) is 5.88 Å². The first-order chi connectivity index (χ1) is 7.15. The summed E-state index contributed by atoms with van der Waals surface area (Å²) in [5.41, 5.74) is 5.52. The molecule has 1 rings (SSSR count). The lowest BCUT2D eigenvalue weighted by Crippen LogP contribution is -2.08. The fourth-order valence-electron chi connectivity index (χ4n) is 0.940. The van der Waals surface area contributed by atoms with E-state index in [0.29, 0.717) is 13.2 Å². The Morgan fingerprint density at radius 3 is 2.93 bits per heavy atom. The van der Waals surface area contributed by atoms with Crippen LogP contribution in [0.15, 0.2) is 12.3 Å². The average Bonchev–Trinajstić information content (AvgIpc) is 2.20. The smallest absolute Gasteiger partial charge is 0.338 e. The molecule has 0 unspecified atom stereocenters. The van der Waals surface area contributed by atoms with Gasteiger partial charge in [-0.25, -0.2) is 9.78 Å². The summed E-state index contributed by atoms with van der Waals surface area (Å²) in [5.74, 6) is -0.884. The number of hydrogen-bond acceptors (Lipinski definition) is 5. The molecule has 0 aliphatic heterocycles. The third-order valence-corrected chi connectivity index (χ3v) is 1.68. The highest BCUT2D eigenvalue weighted by Crippen LogP contribution is 2.16. The molecule has 6 heteroatoms. The van der Waals surface area contributed by atoms with Gasteiger partial charge in [-0.2, -0.15) is 0 Å². The second-order valence-electron chi connectivity index (χ2n) is 2.76. The summed E-state index contributed by atoms with van der Waals surface area (Å²) in [6.07, 6.45) is 1.26. The van der Waals surface area contributed by atoms with Gasteiger partial charge in [-0.05, 0) is 0 Å². The molecule has 0 radical (unpaired) electrons. The van der Waals surface area contributed by atoms with Crippen molar-refractivity contribution in [1.82, 2.24) is 4.98 Å². The van der Waals surface area contributed by atoms with E-state index in [0.717, 1.165) is 0 Å². The number of carboxylic acid groups (broad SMARTS) is 1. The average molecular weight is 212 g/mol. The number of rotatable bonds is 5. The minimum atomic E-state index is -1.11. The van der Waals surface area contributed by atoms with Gasteiger partial charge in [0, 0.05) is 13.2 Å². The first kappa shape index (κ1) is 11.3. The highest BCUT2D eigenvalue weighted by Gasteiger charge is 2.09. The summed E-state index contributed by atoms with van der Waals surface area (Å²) in [5, 5.41) is 8.77. The van der Waals surface area contributed by atoms with Gasteiger partial charge in [0.05, 0.1) is 24.1 Å². The summed E-state index contributed by atoms with van der Waals surface area (Å²) in [6.45, 7) is 0.723. The van der Waals surface area contributed by atoms with Crippen molar-refractivity contribution in [1.29, 1.82) is 0 Å². The van der Waals surface area contributed by atoms with E-state index in [1.165, 1.54) is 12.3 Å². The number of methoxy groups -OCH3 is 1. The number of carboxylic acids is 1. The summed E-state index contributed by atoms with van der Waals surface area (Å²) < 4.78 is 9.91. The molecule has 0 atom stereocenters. The van der Waals surface area contributed by atoms with Crippen LogP contribution in [-0.4, -0.2) is 36.4 Å². The number of carbonyl (C=O) groups is 1. The lowest BCUT2D eigenvalue weighted by atomic mass is 10.2. The zero-order valence-electron chi connectivity index (χ0n) is 8.27. The van der Waals surface area contributed by atoms with Gasteiger partial charge in [-0.1, -0.05) is 0 Å². The van der Waals surface area contributed by atoms with Gasteiger partial charge in [0.15, 0.2) is 0 Å². The van der Waals surface area contributed by atoms with E-state index in [2.05, 4.69) is 4.98 Å². The third kappa shape index (κ3) is 3.10. The third-order valence-electron chi connectivity index (χ3n) is 1.68. The van der Waals surface area contributed by atoms with Gasteiger partial charge in [0.2, 0.25) is 5.88 Å². The molecule has 0 saturated carbocycles. The molecule has 3 N–H and O–H groups in total. The molecule has 0 aromatic carbocycles. The van der Waals surface area contributed by atoms with Gasteiger partial charge < -0.3 is 20.3 Å². The van der Waals surface area contributed by atoms with Crippen LogP contribution in [0.5, 0.6) is 5.88 Å². The fraction of sp³-hybridized carbons (Fsp3) is 0.333. The SMILES string of the molecule is COCCOc1cc(C(=O)O)c(N)cn1. The number of aromatic nitrogens is 1. The van der Waals surface area contributed by atoms with Gasteiger partial charge in [0.1, 0.15) is 6.61 Å². The molecule has 0 bridgehead atoms. The van der Waals surface area contributed by atoms with Crippen molar-refractivity contribution < 1.29 is 19.4 Å². The Bertz CT molecular complexity index is 354. The monoisotopic (exact) mass is 212 g/mol. The predicted molar refractivity (Wildman–Crippen MR) is 53.0 cm³/mol. The van der Waals surface area contributed by atoms with Crippen LogP contribution >= 0.6 is 0 Å². The maximum absolute atomic E-state index is 10.7. The summed E-state index contributed by atoms with van der Waals surface area (Å²) in [4.78, 5) is 14.5. The van der Waals surface area contributed by atoms with E-state index in [1.807, 2.05) is 0 Å². The normalized spacial score (nSPS) is 9.93. The van der Waals surface area contributed by atoms with Crippen molar-refractivity contribution in [2.45, 2.75) is 0 Å². The highest BCUT2D eigenvalue weighted by molar-refractivity contribution is 5.93. The standard InChI is InChI=1S/C9H12N2O4/c1-14-2-3-15-8-4-6(9(12)13)7(10)5-11-8/h4-5H,2-3,10H2,1H3,(H,12,13). The summed E-state index contributed by atoms with van der Waals surface area (Å²) in [6, 6.07) is 1.29. The maximum atomic E-state index is 10.7. The van der Waals surface area contributed by atoms with Crippen molar-refractivity contribution in [2.75, 3.05) is 26.1 Å². The predicted octanol–water partition coefficient (Wildman–Crippen LogP) is 0.387. The molecule has 0 saturated heterocycles. The molecule has 1 aromatic heterocycles. The number of pyridine rings is 1. The number of anilines is 1. The van der Waals surface area contributed by atoms with E-state index in [9.17, 15) is 4.79 Å². The first-order valence-electron chi connectivity index (χ1n) is 4.25. The fourth-order valence-corrected chi connectivity index (χ4v) is 0.940. The highest BCUT2D eigenvalue weighted by atomic mass is 16.5. The Morgan fingerprint density at radius 2 is 2.33 bits per heavy atom. The minimum absolute atomic E-state index is 0.0163. The Kier molecular flexibility index (Phi) is 3.87. The quantitative estimate of drug-likeness (QED) is 0.685. The lowest BCUT2D eigenvalue weighted by Gasteiger charge is -2.06. The van der Waals surface area contributed by atoms with Crippen molar-refractivity contribution in [2.24, 2.45) is 0 Å². The van der Waals surface area contributed by atoms with Crippen molar-refractivity contribution in [3.05, 3.63) is 17.8 Å².